The number of benzene rings is 1. The van der Waals surface area contributed by atoms with Gasteiger partial charge in [-0.3, -0.25) is 0 Å². The summed E-state index contributed by atoms with van der Waals surface area (Å²) >= 11 is 6.14. The lowest BCUT2D eigenvalue weighted by atomic mass is 10.2. The van der Waals surface area contributed by atoms with E-state index in [0.29, 0.717) is 10.7 Å². The SMILES string of the molecule is Cc1cccc(Cl)c1Nc1cc(C(F)(F)F)nc(NC2CCCC2)n1. The van der Waals surface area contributed by atoms with Crippen LogP contribution in [0.3, 0.4) is 0 Å². The van der Waals surface area contributed by atoms with Gasteiger partial charge in [-0.2, -0.15) is 18.2 Å². The highest BCUT2D eigenvalue weighted by molar-refractivity contribution is 6.33. The summed E-state index contributed by atoms with van der Waals surface area (Å²) in [5, 5.41) is 6.32. The van der Waals surface area contributed by atoms with Crippen LogP contribution in [0.4, 0.5) is 30.6 Å². The largest absolute Gasteiger partial charge is 0.433 e. The maximum atomic E-state index is 13.2. The topological polar surface area (TPSA) is 49.8 Å². The lowest BCUT2D eigenvalue weighted by Crippen LogP contribution is -2.19. The molecule has 0 atom stereocenters. The van der Waals surface area contributed by atoms with Crippen molar-refractivity contribution in [1.29, 1.82) is 0 Å². The molecule has 1 fully saturated rings. The lowest BCUT2D eigenvalue weighted by Gasteiger charge is -2.16. The first-order valence-electron chi connectivity index (χ1n) is 8.08. The van der Waals surface area contributed by atoms with Gasteiger partial charge in [-0.1, -0.05) is 36.6 Å². The van der Waals surface area contributed by atoms with E-state index in [0.717, 1.165) is 37.3 Å². The molecule has 0 radical (unpaired) electrons. The number of anilines is 3. The molecule has 1 saturated carbocycles. The molecule has 0 amide bonds. The molecule has 2 aromatic rings. The molecule has 0 saturated heterocycles. The number of aryl methyl sites for hydroxylation is 1. The fraction of sp³-hybridized carbons (Fsp3) is 0.412. The average Bonchev–Trinajstić information content (AvgIpc) is 3.03. The summed E-state index contributed by atoms with van der Waals surface area (Å²) in [5.41, 5.74) is 0.350. The maximum Gasteiger partial charge on any atom is 0.433 e. The second-order valence-corrected chi connectivity index (χ2v) is 6.55. The Morgan fingerprint density at radius 1 is 1.16 bits per heavy atom. The predicted octanol–water partition coefficient (Wildman–Crippen LogP) is 5.56. The maximum absolute atomic E-state index is 13.2. The van der Waals surface area contributed by atoms with E-state index in [1.54, 1.807) is 12.1 Å². The Morgan fingerprint density at radius 2 is 1.88 bits per heavy atom. The predicted molar refractivity (Wildman–Crippen MR) is 92.4 cm³/mol. The van der Waals surface area contributed by atoms with Gasteiger partial charge in [-0.25, -0.2) is 4.98 Å². The first kappa shape index (κ1) is 17.8. The molecule has 8 heteroatoms. The minimum Gasteiger partial charge on any atom is -0.351 e. The number of aromatic nitrogens is 2. The summed E-state index contributed by atoms with van der Waals surface area (Å²) in [6.07, 6.45) is -0.625. The number of rotatable bonds is 4. The highest BCUT2D eigenvalue weighted by Gasteiger charge is 2.34. The zero-order chi connectivity index (χ0) is 18.0. The standard InChI is InChI=1S/C17H18ClF3N4/c1-10-5-4-8-12(18)15(10)24-14-9-13(17(19,20)21)23-16(25-14)22-11-6-2-3-7-11/h4-5,8-9,11H,2-3,6-7H2,1H3,(H2,22,23,24,25). The first-order chi connectivity index (χ1) is 11.8. The van der Waals surface area contributed by atoms with Gasteiger partial charge < -0.3 is 10.6 Å². The van der Waals surface area contributed by atoms with Crippen LogP contribution in [0.15, 0.2) is 24.3 Å². The fourth-order valence-electron chi connectivity index (χ4n) is 2.89. The van der Waals surface area contributed by atoms with Gasteiger partial charge in [-0.15, -0.1) is 0 Å². The van der Waals surface area contributed by atoms with Crippen LogP contribution in [0.25, 0.3) is 0 Å². The Balaban J connectivity index is 1.94. The number of alkyl halides is 3. The quantitative estimate of drug-likeness (QED) is 0.740. The Kier molecular flexibility index (Phi) is 5.03. The van der Waals surface area contributed by atoms with Gasteiger partial charge in [0.05, 0.1) is 10.7 Å². The Bertz CT molecular complexity index is 738. The Labute approximate surface area is 148 Å². The zero-order valence-electron chi connectivity index (χ0n) is 13.6. The summed E-state index contributed by atoms with van der Waals surface area (Å²) in [6.45, 7) is 1.82. The van der Waals surface area contributed by atoms with Crippen molar-refractivity contribution < 1.29 is 13.2 Å². The normalized spacial score (nSPS) is 15.4. The number of nitrogens with one attached hydrogen (secondary N) is 2. The van der Waals surface area contributed by atoms with Gasteiger partial charge in [0.25, 0.3) is 0 Å². The molecule has 1 aromatic heterocycles. The van der Waals surface area contributed by atoms with Crippen LogP contribution < -0.4 is 10.6 Å². The first-order valence-corrected chi connectivity index (χ1v) is 8.45. The molecule has 4 nitrogen and oxygen atoms in total. The third-order valence-electron chi connectivity index (χ3n) is 4.18. The van der Waals surface area contributed by atoms with E-state index in [1.807, 2.05) is 13.0 Å². The molecule has 134 valence electrons. The van der Waals surface area contributed by atoms with Crippen molar-refractivity contribution in [1.82, 2.24) is 9.97 Å². The van der Waals surface area contributed by atoms with E-state index in [4.69, 9.17) is 11.6 Å². The van der Waals surface area contributed by atoms with E-state index in [2.05, 4.69) is 20.6 Å². The molecule has 0 spiro atoms. The van der Waals surface area contributed by atoms with Crippen LogP contribution in [-0.2, 0) is 6.18 Å². The molecular formula is C17H18ClF3N4. The minimum atomic E-state index is -4.55. The molecule has 1 aromatic carbocycles. The highest BCUT2D eigenvalue weighted by Crippen LogP contribution is 2.33. The summed E-state index contributed by atoms with van der Waals surface area (Å²) in [5.74, 6) is 0.0351. The van der Waals surface area contributed by atoms with E-state index < -0.39 is 11.9 Å². The minimum absolute atomic E-state index is 0.0195. The van der Waals surface area contributed by atoms with Crippen molar-refractivity contribution in [2.75, 3.05) is 10.6 Å². The van der Waals surface area contributed by atoms with Crippen molar-refractivity contribution in [3.8, 4) is 0 Å². The van der Waals surface area contributed by atoms with E-state index in [9.17, 15) is 13.2 Å². The van der Waals surface area contributed by atoms with E-state index in [1.165, 1.54) is 0 Å². The molecule has 2 N–H and O–H groups in total. The summed E-state index contributed by atoms with van der Waals surface area (Å²) in [4.78, 5) is 7.83. The van der Waals surface area contributed by atoms with Crippen molar-refractivity contribution in [2.24, 2.45) is 0 Å². The third kappa shape index (κ3) is 4.34. The smallest absolute Gasteiger partial charge is 0.351 e. The van der Waals surface area contributed by atoms with Crippen molar-refractivity contribution in [2.45, 2.75) is 44.8 Å². The number of nitrogens with zero attached hydrogens (tertiary/aromatic N) is 2. The van der Waals surface area contributed by atoms with Crippen molar-refractivity contribution in [3.63, 3.8) is 0 Å². The van der Waals surface area contributed by atoms with Crippen LogP contribution in [0.2, 0.25) is 5.02 Å². The van der Waals surface area contributed by atoms with E-state index >= 15 is 0 Å². The second-order valence-electron chi connectivity index (χ2n) is 6.14. The molecule has 1 heterocycles. The van der Waals surface area contributed by atoms with Gasteiger partial charge >= 0.3 is 6.18 Å². The monoisotopic (exact) mass is 370 g/mol. The van der Waals surface area contributed by atoms with Crippen LogP contribution in [0.5, 0.6) is 0 Å². The summed E-state index contributed by atoms with van der Waals surface area (Å²) in [7, 11) is 0. The molecule has 0 bridgehead atoms. The van der Waals surface area contributed by atoms with Crippen LogP contribution >= 0.6 is 11.6 Å². The molecule has 0 unspecified atom stereocenters. The molecule has 1 aliphatic carbocycles. The molecule has 0 aliphatic heterocycles. The molecular weight excluding hydrogens is 353 g/mol. The van der Waals surface area contributed by atoms with Gasteiger partial charge in [0.2, 0.25) is 5.95 Å². The highest BCUT2D eigenvalue weighted by atomic mass is 35.5. The number of hydrogen-bond acceptors (Lipinski definition) is 4. The van der Waals surface area contributed by atoms with Crippen molar-refractivity contribution >= 4 is 29.1 Å². The molecule has 1 aliphatic rings. The third-order valence-corrected chi connectivity index (χ3v) is 4.49. The fourth-order valence-corrected chi connectivity index (χ4v) is 3.16. The second kappa shape index (κ2) is 7.07. The van der Waals surface area contributed by atoms with Gasteiger partial charge in [-0.05, 0) is 31.4 Å². The molecule has 25 heavy (non-hydrogen) atoms. The lowest BCUT2D eigenvalue weighted by molar-refractivity contribution is -0.141. The number of para-hydroxylation sites is 1. The Morgan fingerprint density at radius 3 is 2.52 bits per heavy atom. The average molecular weight is 371 g/mol. The van der Waals surface area contributed by atoms with Gasteiger partial charge in [0.1, 0.15) is 5.82 Å². The van der Waals surface area contributed by atoms with Crippen LogP contribution in [0.1, 0.15) is 36.9 Å². The molecule has 3 rings (SSSR count). The Hall–Kier alpha value is -2.02. The number of hydrogen-bond donors (Lipinski definition) is 2. The van der Waals surface area contributed by atoms with Gasteiger partial charge in [0, 0.05) is 12.1 Å². The zero-order valence-corrected chi connectivity index (χ0v) is 14.4. The van der Waals surface area contributed by atoms with Crippen LogP contribution in [-0.4, -0.2) is 16.0 Å². The number of halogens is 4. The van der Waals surface area contributed by atoms with Gasteiger partial charge in [0.15, 0.2) is 5.69 Å². The van der Waals surface area contributed by atoms with E-state index in [-0.39, 0.29) is 17.8 Å². The summed E-state index contributed by atoms with van der Waals surface area (Å²) in [6, 6.07) is 6.26. The summed E-state index contributed by atoms with van der Waals surface area (Å²) < 4.78 is 39.6. The van der Waals surface area contributed by atoms with Crippen LogP contribution in [0, 0.1) is 6.92 Å². The van der Waals surface area contributed by atoms with Crippen molar-refractivity contribution in [3.05, 3.63) is 40.5 Å².